The number of aryl methyl sites for hydroxylation is 1. The Balaban J connectivity index is 2.71. The highest BCUT2D eigenvalue weighted by Crippen LogP contribution is 2.20. The smallest absolute Gasteiger partial charge is 0.0735 e. The van der Waals surface area contributed by atoms with Crippen molar-refractivity contribution in [1.29, 1.82) is 0 Å². The Morgan fingerprint density at radius 3 is 2.53 bits per heavy atom. The topological polar surface area (TPSA) is 46.2 Å². The van der Waals surface area contributed by atoms with Gasteiger partial charge in [-0.25, -0.2) is 0 Å². The lowest BCUT2D eigenvalue weighted by Crippen LogP contribution is -2.27. The van der Waals surface area contributed by atoms with E-state index in [1.165, 1.54) is 5.56 Å². The number of hydrogen-bond donors (Lipinski definition) is 2. The summed E-state index contributed by atoms with van der Waals surface area (Å²) in [4.78, 5) is 0. The Labute approximate surface area is 92.1 Å². The van der Waals surface area contributed by atoms with Crippen molar-refractivity contribution in [1.82, 2.24) is 0 Å². The quantitative estimate of drug-likeness (QED) is 0.796. The molecule has 0 spiro atoms. The first-order valence-corrected chi connectivity index (χ1v) is 5.51. The van der Waals surface area contributed by atoms with Crippen molar-refractivity contribution in [3.05, 3.63) is 35.4 Å². The predicted molar refractivity (Wildman–Crippen MR) is 63.6 cm³/mol. The first kappa shape index (κ1) is 12.2. The van der Waals surface area contributed by atoms with E-state index in [1.54, 1.807) is 0 Å². The molecule has 0 aliphatic rings. The van der Waals surface area contributed by atoms with Crippen molar-refractivity contribution in [3.8, 4) is 0 Å². The van der Waals surface area contributed by atoms with Crippen LogP contribution in [0.2, 0.25) is 0 Å². The molecule has 2 atom stereocenters. The van der Waals surface area contributed by atoms with Gasteiger partial charge in [-0.05, 0) is 24.8 Å². The fourth-order valence-corrected chi connectivity index (χ4v) is 1.73. The molecule has 1 rings (SSSR count). The fraction of sp³-hybridized carbons (Fsp3) is 0.538. The van der Waals surface area contributed by atoms with Crippen molar-refractivity contribution in [2.24, 2.45) is 11.7 Å². The Kier molecular flexibility index (Phi) is 4.30. The summed E-state index contributed by atoms with van der Waals surface area (Å²) in [5, 5.41) is 9.91. The third-order valence-corrected chi connectivity index (χ3v) is 2.55. The summed E-state index contributed by atoms with van der Waals surface area (Å²) in [6.45, 7) is 6.21. The fourth-order valence-electron chi connectivity index (χ4n) is 1.73. The zero-order valence-electron chi connectivity index (χ0n) is 9.77. The molecule has 2 heteroatoms. The van der Waals surface area contributed by atoms with Crippen LogP contribution in [0, 0.1) is 12.8 Å². The van der Waals surface area contributed by atoms with E-state index in [9.17, 15) is 5.11 Å². The third kappa shape index (κ3) is 3.65. The molecule has 2 nitrogen and oxygen atoms in total. The number of rotatable bonds is 4. The van der Waals surface area contributed by atoms with Crippen LogP contribution in [0.3, 0.4) is 0 Å². The van der Waals surface area contributed by atoms with Crippen molar-refractivity contribution >= 4 is 0 Å². The second-order valence-electron chi connectivity index (χ2n) is 4.64. The highest BCUT2D eigenvalue weighted by molar-refractivity contribution is 5.25. The molecule has 3 N–H and O–H groups in total. The molecule has 0 saturated heterocycles. The molecule has 0 aliphatic heterocycles. The molecule has 15 heavy (non-hydrogen) atoms. The van der Waals surface area contributed by atoms with Gasteiger partial charge >= 0.3 is 0 Å². The second-order valence-corrected chi connectivity index (χ2v) is 4.64. The van der Waals surface area contributed by atoms with Crippen LogP contribution in [-0.2, 0) is 0 Å². The SMILES string of the molecule is Cc1cccc([C@@H](N)[C@@H](O)CC(C)C)c1. The standard InChI is InChI=1S/C13H21NO/c1-9(2)7-12(15)13(14)11-6-4-5-10(3)8-11/h4-6,8-9,12-13,15H,7,14H2,1-3H3/t12-,13+/m0/s1. The van der Waals surface area contributed by atoms with Gasteiger partial charge in [-0.2, -0.15) is 0 Å². The summed E-state index contributed by atoms with van der Waals surface area (Å²) in [6, 6.07) is 7.75. The van der Waals surface area contributed by atoms with E-state index in [-0.39, 0.29) is 6.04 Å². The molecule has 0 aromatic heterocycles. The average molecular weight is 207 g/mol. The lowest BCUT2D eigenvalue weighted by Gasteiger charge is -2.21. The van der Waals surface area contributed by atoms with Crippen molar-refractivity contribution in [3.63, 3.8) is 0 Å². The van der Waals surface area contributed by atoms with Gasteiger partial charge in [0.2, 0.25) is 0 Å². The third-order valence-electron chi connectivity index (χ3n) is 2.55. The summed E-state index contributed by atoms with van der Waals surface area (Å²) in [5.74, 6) is 0.468. The zero-order valence-corrected chi connectivity index (χ0v) is 9.77. The summed E-state index contributed by atoms with van der Waals surface area (Å²) in [7, 11) is 0. The van der Waals surface area contributed by atoms with Crippen LogP contribution in [0.4, 0.5) is 0 Å². The van der Waals surface area contributed by atoms with Gasteiger partial charge in [-0.3, -0.25) is 0 Å². The molecule has 0 amide bonds. The van der Waals surface area contributed by atoms with Crippen molar-refractivity contribution in [2.45, 2.75) is 39.3 Å². The molecular formula is C13H21NO. The van der Waals surface area contributed by atoms with Crippen molar-refractivity contribution < 1.29 is 5.11 Å². The van der Waals surface area contributed by atoms with E-state index < -0.39 is 6.10 Å². The normalized spacial score (nSPS) is 15.3. The molecule has 0 radical (unpaired) electrons. The van der Waals surface area contributed by atoms with E-state index in [2.05, 4.69) is 13.8 Å². The van der Waals surface area contributed by atoms with Gasteiger partial charge in [0.25, 0.3) is 0 Å². The molecule has 0 aliphatic carbocycles. The van der Waals surface area contributed by atoms with E-state index >= 15 is 0 Å². The van der Waals surface area contributed by atoms with Crippen LogP contribution < -0.4 is 5.73 Å². The van der Waals surface area contributed by atoms with Crippen LogP contribution in [0.25, 0.3) is 0 Å². The van der Waals surface area contributed by atoms with E-state index in [0.29, 0.717) is 5.92 Å². The lowest BCUT2D eigenvalue weighted by molar-refractivity contribution is 0.121. The van der Waals surface area contributed by atoms with Crippen LogP contribution in [0.5, 0.6) is 0 Å². The Morgan fingerprint density at radius 2 is 2.00 bits per heavy atom. The maximum Gasteiger partial charge on any atom is 0.0735 e. The number of hydrogen-bond acceptors (Lipinski definition) is 2. The van der Waals surface area contributed by atoms with E-state index in [4.69, 9.17) is 5.73 Å². The summed E-state index contributed by atoms with van der Waals surface area (Å²) in [6.07, 6.45) is 0.293. The highest BCUT2D eigenvalue weighted by atomic mass is 16.3. The number of aliphatic hydroxyl groups excluding tert-OH is 1. The van der Waals surface area contributed by atoms with Gasteiger partial charge in [-0.1, -0.05) is 43.7 Å². The average Bonchev–Trinajstić information content (AvgIpc) is 2.15. The minimum atomic E-state index is -0.452. The first-order valence-electron chi connectivity index (χ1n) is 5.51. The highest BCUT2D eigenvalue weighted by Gasteiger charge is 2.17. The van der Waals surface area contributed by atoms with Crippen LogP contribution in [0.15, 0.2) is 24.3 Å². The van der Waals surface area contributed by atoms with Gasteiger partial charge in [0.15, 0.2) is 0 Å². The van der Waals surface area contributed by atoms with Gasteiger partial charge in [0.05, 0.1) is 12.1 Å². The van der Waals surface area contributed by atoms with Crippen LogP contribution >= 0.6 is 0 Å². The number of aliphatic hydroxyl groups is 1. The first-order chi connectivity index (χ1) is 7.00. The Bertz CT molecular complexity index is 309. The molecule has 0 unspecified atom stereocenters. The Hall–Kier alpha value is -0.860. The minimum absolute atomic E-state index is 0.271. The molecular weight excluding hydrogens is 186 g/mol. The largest absolute Gasteiger partial charge is 0.391 e. The van der Waals surface area contributed by atoms with Gasteiger partial charge < -0.3 is 10.8 Å². The predicted octanol–water partition coefficient (Wildman–Crippen LogP) is 2.40. The second kappa shape index (κ2) is 5.29. The van der Waals surface area contributed by atoms with Crippen LogP contribution in [0.1, 0.15) is 37.4 Å². The number of benzene rings is 1. The summed E-state index contributed by atoms with van der Waals surface area (Å²) < 4.78 is 0. The molecule has 84 valence electrons. The number of nitrogens with two attached hydrogens (primary N) is 1. The molecule has 0 fully saturated rings. The molecule has 0 saturated carbocycles. The van der Waals surface area contributed by atoms with E-state index in [0.717, 1.165) is 12.0 Å². The summed E-state index contributed by atoms with van der Waals surface area (Å²) in [5.41, 5.74) is 8.20. The lowest BCUT2D eigenvalue weighted by atomic mass is 9.95. The van der Waals surface area contributed by atoms with Crippen LogP contribution in [-0.4, -0.2) is 11.2 Å². The van der Waals surface area contributed by atoms with Gasteiger partial charge in [0.1, 0.15) is 0 Å². The maximum absolute atomic E-state index is 9.91. The van der Waals surface area contributed by atoms with E-state index in [1.807, 2.05) is 31.2 Å². The summed E-state index contributed by atoms with van der Waals surface area (Å²) >= 11 is 0. The minimum Gasteiger partial charge on any atom is -0.391 e. The Morgan fingerprint density at radius 1 is 1.33 bits per heavy atom. The molecule has 0 bridgehead atoms. The molecule has 1 aromatic rings. The molecule has 1 aromatic carbocycles. The molecule has 0 heterocycles. The van der Waals surface area contributed by atoms with Crippen molar-refractivity contribution in [2.75, 3.05) is 0 Å². The van der Waals surface area contributed by atoms with Gasteiger partial charge in [0, 0.05) is 0 Å². The van der Waals surface area contributed by atoms with Gasteiger partial charge in [-0.15, -0.1) is 0 Å². The zero-order chi connectivity index (χ0) is 11.4. The monoisotopic (exact) mass is 207 g/mol. The maximum atomic E-state index is 9.91.